The predicted octanol–water partition coefficient (Wildman–Crippen LogP) is 2.24. The first-order valence-electron chi connectivity index (χ1n) is 10.2. The van der Waals surface area contributed by atoms with Gasteiger partial charge >= 0.3 is 0 Å². The summed E-state index contributed by atoms with van der Waals surface area (Å²) in [7, 11) is 0. The summed E-state index contributed by atoms with van der Waals surface area (Å²) < 4.78 is 0. The predicted molar refractivity (Wildman–Crippen MR) is 106 cm³/mol. The highest BCUT2D eigenvalue weighted by Gasteiger charge is 2.34. The Bertz CT molecular complexity index is 863. The molecule has 2 aromatic rings. The summed E-state index contributed by atoms with van der Waals surface area (Å²) in [6, 6.07) is 7.76. The van der Waals surface area contributed by atoms with Crippen molar-refractivity contribution in [3.63, 3.8) is 0 Å². The Hall–Kier alpha value is -2.21. The quantitative estimate of drug-likeness (QED) is 0.868. The monoisotopic (exact) mass is 368 g/mol. The largest absolute Gasteiger partial charge is 0.339 e. The Morgan fingerprint density at radius 3 is 3.04 bits per heavy atom. The normalized spacial score (nSPS) is 23.0. The van der Waals surface area contributed by atoms with E-state index in [0.29, 0.717) is 47.9 Å². The molecule has 1 aromatic carbocycles. The number of benzene rings is 1. The molecule has 4 rings (SSSR count). The number of aryl methyl sites for hydroxylation is 1. The van der Waals surface area contributed by atoms with Gasteiger partial charge in [0.05, 0.1) is 10.9 Å². The van der Waals surface area contributed by atoms with Crippen LogP contribution in [0.25, 0.3) is 10.9 Å². The number of carbonyl (C=O) groups excluding carboxylic acids is 1. The van der Waals surface area contributed by atoms with Crippen molar-refractivity contribution in [1.82, 2.24) is 20.2 Å². The zero-order valence-corrected chi connectivity index (χ0v) is 15.7. The smallest absolute Gasteiger partial charge is 0.258 e. The number of nitrogens with zero attached hydrogens (tertiary/aromatic N) is 2. The number of fused-ring (bicyclic) bond motifs is 2. The highest BCUT2D eigenvalue weighted by atomic mass is 16.2. The first-order chi connectivity index (χ1) is 13.2. The molecule has 1 amide bonds. The maximum absolute atomic E-state index is 12.8. The SMILES string of the molecule is O=C(CCCc1nc2ccccc2c(=O)[nH]1)N1CCCC2CNCCCC21. The van der Waals surface area contributed by atoms with E-state index >= 15 is 0 Å². The summed E-state index contributed by atoms with van der Waals surface area (Å²) >= 11 is 0. The van der Waals surface area contributed by atoms with Crippen LogP contribution >= 0.6 is 0 Å². The number of para-hydroxylation sites is 1. The minimum absolute atomic E-state index is 0.105. The maximum atomic E-state index is 12.8. The highest BCUT2D eigenvalue weighted by Crippen LogP contribution is 2.28. The van der Waals surface area contributed by atoms with Crippen LogP contribution in [0.3, 0.4) is 0 Å². The third kappa shape index (κ3) is 4.05. The van der Waals surface area contributed by atoms with Gasteiger partial charge in [-0.05, 0) is 63.2 Å². The molecule has 2 aliphatic rings. The van der Waals surface area contributed by atoms with Gasteiger partial charge in [0.2, 0.25) is 5.91 Å². The molecule has 0 saturated carbocycles. The molecule has 2 atom stereocenters. The van der Waals surface area contributed by atoms with Crippen molar-refractivity contribution in [1.29, 1.82) is 0 Å². The maximum Gasteiger partial charge on any atom is 0.258 e. The number of nitrogens with one attached hydrogen (secondary N) is 2. The minimum atomic E-state index is -0.105. The fourth-order valence-corrected chi connectivity index (χ4v) is 4.60. The molecule has 3 heterocycles. The minimum Gasteiger partial charge on any atom is -0.339 e. The average molecular weight is 368 g/mol. The molecule has 2 saturated heterocycles. The van der Waals surface area contributed by atoms with Gasteiger partial charge in [0.15, 0.2) is 0 Å². The number of carbonyl (C=O) groups is 1. The van der Waals surface area contributed by atoms with Crippen molar-refractivity contribution in [3.05, 3.63) is 40.4 Å². The second kappa shape index (κ2) is 8.21. The van der Waals surface area contributed by atoms with Crippen molar-refractivity contribution >= 4 is 16.8 Å². The Labute approximate surface area is 159 Å². The van der Waals surface area contributed by atoms with Crippen LogP contribution in [0.2, 0.25) is 0 Å². The van der Waals surface area contributed by atoms with Gasteiger partial charge in [-0.15, -0.1) is 0 Å². The molecule has 0 spiro atoms. The van der Waals surface area contributed by atoms with Gasteiger partial charge in [0.1, 0.15) is 5.82 Å². The lowest BCUT2D eigenvalue weighted by molar-refractivity contribution is -0.136. The van der Waals surface area contributed by atoms with Crippen LogP contribution < -0.4 is 10.9 Å². The standard InChI is InChI=1S/C21H28N4O2/c26-20(25-13-5-6-15-14-22-12-4-9-18(15)25)11-3-10-19-23-17-8-2-1-7-16(17)21(27)24-19/h1-2,7-8,15,18,22H,3-6,9-14H2,(H,23,24,27). The third-order valence-electron chi connectivity index (χ3n) is 5.96. The lowest BCUT2D eigenvalue weighted by Crippen LogP contribution is -2.49. The van der Waals surface area contributed by atoms with E-state index in [9.17, 15) is 9.59 Å². The summed E-state index contributed by atoms with van der Waals surface area (Å²) in [5.74, 6) is 1.53. The number of hydrogen-bond donors (Lipinski definition) is 2. The molecule has 6 heteroatoms. The highest BCUT2D eigenvalue weighted by molar-refractivity contribution is 5.77. The van der Waals surface area contributed by atoms with E-state index in [2.05, 4.69) is 20.2 Å². The Balaban J connectivity index is 1.37. The van der Waals surface area contributed by atoms with Gasteiger partial charge in [-0.25, -0.2) is 4.98 Å². The molecule has 0 aliphatic carbocycles. The van der Waals surface area contributed by atoms with Crippen molar-refractivity contribution in [3.8, 4) is 0 Å². The summed E-state index contributed by atoms with van der Waals surface area (Å²) in [4.78, 5) is 34.5. The summed E-state index contributed by atoms with van der Waals surface area (Å²) in [6.45, 7) is 3.00. The number of H-pyrrole nitrogens is 1. The molecule has 1 aromatic heterocycles. The fraction of sp³-hybridized carbons (Fsp3) is 0.571. The van der Waals surface area contributed by atoms with E-state index in [1.54, 1.807) is 6.07 Å². The van der Waals surface area contributed by atoms with E-state index in [1.807, 2.05) is 18.2 Å². The fourth-order valence-electron chi connectivity index (χ4n) is 4.60. The number of likely N-dealkylation sites (tertiary alicyclic amines) is 1. The van der Waals surface area contributed by atoms with E-state index in [1.165, 1.54) is 6.42 Å². The first kappa shape index (κ1) is 18.2. The number of hydrogen-bond acceptors (Lipinski definition) is 4. The van der Waals surface area contributed by atoms with E-state index < -0.39 is 0 Å². The molecule has 6 nitrogen and oxygen atoms in total. The summed E-state index contributed by atoms with van der Waals surface area (Å²) in [5.41, 5.74) is 0.610. The first-order valence-corrected chi connectivity index (χ1v) is 10.2. The van der Waals surface area contributed by atoms with Crippen LogP contribution in [0.4, 0.5) is 0 Å². The van der Waals surface area contributed by atoms with Gasteiger partial charge in [-0.1, -0.05) is 12.1 Å². The molecular formula is C21H28N4O2. The zero-order chi connectivity index (χ0) is 18.6. The second-order valence-corrected chi connectivity index (χ2v) is 7.79. The van der Waals surface area contributed by atoms with Gasteiger partial charge < -0.3 is 15.2 Å². The van der Waals surface area contributed by atoms with Crippen LogP contribution in [-0.4, -0.2) is 46.5 Å². The lowest BCUT2D eigenvalue weighted by Gasteiger charge is -2.40. The van der Waals surface area contributed by atoms with Crippen molar-refractivity contribution in [2.75, 3.05) is 19.6 Å². The van der Waals surface area contributed by atoms with Gasteiger partial charge in [-0.3, -0.25) is 9.59 Å². The Morgan fingerprint density at radius 1 is 1.22 bits per heavy atom. The van der Waals surface area contributed by atoms with E-state index in [4.69, 9.17) is 0 Å². The van der Waals surface area contributed by atoms with Crippen molar-refractivity contribution in [2.24, 2.45) is 5.92 Å². The number of piperidine rings is 1. The number of amides is 1. The second-order valence-electron chi connectivity index (χ2n) is 7.79. The van der Waals surface area contributed by atoms with Crippen LogP contribution in [0.5, 0.6) is 0 Å². The molecule has 0 radical (unpaired) electrons. The van der Waals surface area contributed by atoms with Crippen molar-refractivity contribution in [2.45, 2.75) is 51.0 Å². The summed E-state index contributed by atoms with van der Waals surface area (Å²) in [6.07, 6.45) is 6.45. The number of aromatic nitrogens is 2. The molecule has 2 fully saturated rings. The van der Waals surface area contributed by atoms with Crippen LogP contribution in [0, 0.1) is 5.92 Å². The Kier molecular flexibility index (Phi) is 5.53. The molecule has 27 heavy (non-hydrogen) atoms. The molecule has 2 unspecified atom stereocenters. The van der Waals surface area contributed by atoms with Gasteiger partial charge in [-0.2, -0.15) is 0 Å². The molecular weight excluding hydrogens is 340 g/mol. The molecule has 0 bridgehead atoms. The third-order valence-corrected chi connectivity index (χ3v) is 5.96. The molecule has 2 N–H and O–H groups in total. The lowest BCUT2D eigenvalue weighted by atomic mass is 9.87. The number of aromatic amines is 1. The Morgan fingerprint density at radius 2 is 2.11 bits per heavy atom. The van der Waals surface area contributed by atoms with Gasteiger partial charge in [0.25, 0.3) is 5.56 Å². The average Bonchev–Trinajstić information content (AvgIpc) is 2.93. The summed E-state index contributed by atoms with van der Waals surface area (Å²) in [5, 5.41) is 4.12. The van der Waals surface area contributed by atoms with Gasteiger partial charge in [0, 0.05) is 25.4 Å². The zero-order valence-electron chi connectivity index (χ0n) is 15.7. The van der Waals surface area contributed by atoms with Crippen LogP contribution in [-0.2, 0) is 11.2 Å². The molecule has 2 aliphatic heterocycles. The molecule has 144 valence electrons. The van der Waals surface area contributed by atoms with Crippen molar-refractivity contribution < 1.29 is 4.79 Å². The van der Waals surface area contributed by atoms with Crippen LogP contribution in [0.15, 0.2) is 29.1 Å². The van der Waals surface area contributed by atoms with E-state index in [-0.39, 0.29) is 11.5 Å². The van der Waals surface area contributed by atoms with Crippen LogP contribution in [0.1, 0.15) is 44.3 Å². The topological polar surface area (TPSA) is 78.1 Å². The van der Waals surface area contributed by atoms with E-state index in [0.717, 1.165) is 38.9 Å². The number of rotatable bonds is 4.